The first-order valence-corrected chi connectivity index (χ1v) is 23.6. The number of carboxylic acid groups (broad SMARTS) is 1. The summed E-state index contributed by atoms with van der Waals surface area (Å²) in [5.41, 5.74) is 12.3. The lowest BCUT2D eigenvalue weighted by molar-refractivity contribution is 0.0697. The molecule has 4 N–H and O–H groups in total. The zero-order chi connectivity index (χ0) is 51.8. The number of furan rings is 2. The molecular weight excluding hydrogens is 923 g/mol. The molecule has 2 aromatic heterocycles. The standard InChI is InChI=1S/C24H17NO4.C24H19NO2.C16H15NO/c26-23(18-4-2-1-3-5-18)25-21-15-17(8-10-20(21)24(27)28)7-6-16-9-11-22-19(14-16)12-13-29-22;1-17-7-8-19(10-9-18-11-12-23-21(15-18)13-14-27-23)16-22(17)25-24(26)20-5-3-2-4-6-20;1-3-13-10-9-12(2)15(11-13)17-16(18)14-7-5-4-6-8-14/h1-15H,(H,25,26)(H,27,28);2-16H,1H3,(H,25,26);3-11H,1H2,2H3,(H,17,18)/b7-6+;10-9+;. The molecule has 0 spiro atoms. The number of hydrogen-bond donors (Lipinski definition) is 4. The molecule has 8 aromatic carbocycles. The number of carbonyl (C=O) groups excluding carboxylic acids is 3. The summed E-state index contributed by atoms with van der Waals surface area (Å²) in [7, 11) is 0. The van der Waals surface area contributed by atoms with Gasteiger partial charge in [-0.15, -0.1) is 0 Å². The molecule has 0 unspecified atom stereocenters. The van der Waals surface area contributed by atoms with Crippen molar-refractivity contribution in [3.05, 3.63) is 274 Å². The van der Waals surface area contributed by atoms with E-state index < -0.39 is 5.97 Å². The van der Waals surface area contributed by atoms with Gasteiger partial charge in [-0.05, 0) is 150 Å². The second-order valence-corrected chi connectivity index (χ2v) is 17.0. The van der Waals surface area contributed by atoms with Crippen LogP contribution in [0.15, 0.2) is 222 Å². The van der Waals surface area contributed by atoms with E-state index in [9.17, 15) is 24.3 Å². The number of fused-ring (bicyclic) bond motifs is 2. The third kappa shape index (κ3) is 13.4. The van der Waals surface area contributed by atoms with Crippen LogP contribution in [0.5, 0.6) is 0 Å². The highest BCUT2D eigenvalue weighted by molar-refractivity contribution is 6.08. The maximum atomic E-state index is 12.4. The molecule has 0 atom stereocenters. The van der Waals surface area contributed by atoms with E-state index in [0.717, 1.165) is 72.3 Å². The normalized spacial score (nSPS) is 10.8. The molecule has 3 amide bonds. The summed E-state index contributed by atoms with van der Waals surface area (Å²) in [6, 6.07) is 59.6. The van der Waals surface area contributed by atoms with Gasteiger partial charge in [-0.25, -0.2) is 4.79 Å². The van der Waals surface area contributed by atoms with E-state index in [0.29, 0.717) is 16.7 Å². The zero-order valence-electron chi connectivity index (χ0n) is 40.6. The number of benzene rings is 8. The van der Waals surface area contributed by atoms with Gasteiger partial charge in [0.15, 0.2) is 0 Å². The summed E-state index contributed by atoms with van der Waals surface area (Å²) >= 11 is 0. The van der Waals surface area contributed by atoms with E-state index in [4.69, 9.17) is 8.83 Å². The molecule has 2 heterocycles. The van der Waals surface area contributed by atoms with Crippen molar-refractivity contribution in [3.63, 3.8) is 0 Å². The summed E-state index contributed by atoms with van der Waals surface area (Å²) in [4.78, 5) is 48.4. The van der Waals surface area contributed by atoms with Crippen LogP contribution < -0.4 is 16.0 Å². The monoisotopic (exact) mass is 973 g/mol. The number of carbonyl (C=O) groups is 4. The van der Waals surface area contributed by atoms with Gasteiger partial charge in [0.25, 0.3) is 17.7 Å². The van der Waals surface area contributed by atoms with Gasteiger partial charge >= 0.3 is 5.97 Å². The summed E-state index contributed by atoms with van der Waals surface area (Å²) in [5.74, 6) is -1.67. The van der Waals surface area contributed by atoms with Gasteiger partial charge in [0.1, 0.15) is 11.2 Å². The topological polar surface area (TPSA) is 151 Å². The Morgan fingerprint density at radius 1 is 0.419 bits per heavy atom. The minimum absolute atomic E-state index is 0.0336. The fourth-order valence-corrected chi connectivity index (χ4v) is 7.65. The molecule has 0 bridgehead atoms. The van der Waals surface area contributed by atoms with E-state index >= 15 is 0 Å². The summed E-state index contributed by atoms with van der Waals surface area (Å²) in [5, 5.41) is 20.2. The number of aryl methyl sites for hydroxylation is 2. The number of nitrogens with one attached hydrogen (secondary N) is 3. The SMILES string of the molecule is C=Cc1ccc(C)c(NC(=O)c2ccccc2)c1.Cc1ccc(/C=C/c2ccc3occc3c2)cc1NC(=O)c1ccccc1.O=C(Nc1cc(/C=C/c2ccc3occc3c2)ccc1C(=O)O)c1ccccc1. The number of aromatic carboxylic acids is 1. The predicted molar refractivity (Wildman–Crippen MR) is 299 cm³/mol. The van der Waals surface area contributed by atoms with E-state index in [1.807, 2.05) is 153 Å². The van der Waals surface area contributed by atoms with Gasteiger partial charge in [0.2, 0.25) is 0 Å². The fraction of sp³-hybridized carbons (Fsp3) is 0.0312. The zero-order valence-corrected chi connectivity index (χ0v) is 40.6. The Labute approximate surface area is 428 Å². The number of rotatable bonds is 12. The number of anilines is 3. The molecule has 364 valence electrons. The van der Waals surface area contributed by atoms with Gasteiger partial charge in [-0.3, -0.25) is 14.4 Å². The highest BCUT2D eigenvalue weighted by Crippen LogP contribution is 2.25. The highest BCUT2D eigenvalue weighted by Gasteiger charge is 2.15. The molecular formula is C64H51N3O7. The average Bonchev–Trinajstić information content (AvgIpc) is 4.12. The first-order chi connectivity index (χ1) is 36.0. The van der Waals surface area contributed by atoms with Gasteiger partial charge in [0, 0.05) is 38.8 Å². The van der Waals surface area contributed by atoms with Gasteiger partial charge in [0.05, 0.1) is 23.8 Å². The second kappa shape index (κ2) is 24.2. The molecule has 10 nitrogen and oxygen atoms in total. The second-order valence-electron chi connectivity index (χ2n) is 17.0. The molecule has 74 heavy (non-hydrogen) atoms. The number of amides is 3. The molecule has 0 saturated carbocycles. The third-order valence-electron chi connectivity index (χ3n) is 11.8. The highest BCUT2D eigenvalue weighted by atomic mass is 16.4. The Hall–Kier alpha value is -10.1. The van der Waals surface area contributed by atoms with Crippen molar-refractivity contribution in [3.8, 4) is 0 Å². The van der Waals surface area contributed by atoms with Crippen LogP contribution in [0.3, 0.4) is 0 Å². The van der Waals surface area contributed by atoms with Crippen molar-refractivity contribution < 1.29 is 33.1 Å². The Balaban J connectivity index is 0.000000152. The van der Waals surface area contributed by atoms with Crippen LogP contribution >= 0.6 is 0 Å². The molecule has 10 rings (SSSR count). The number of carboxylic acids is 1. The molecule has 10 heteroatoms. The molecule has 0 aliphatic heterocycles. The molecule has 0 saturated heterocycles. The molecule has 0 fully saturated rings. The lowest BCUT2D eigenvalue weighted by Crippen LogP contribution is -2.14. The minimum Gasteiger partial charge on any atom is -0.478 e. The first-order valence-electron chi connectivity index (χ1n) is 23.6. The predicted octanol–water partition coefficient (Wildman–Crippen LogP) is 15.6. The van der Waals surface area contributed by atoms with Crippen molar-refractivity contribution in [1.82, 2.24) is 0 Å². The van der Waals surface area contributed by atoms with Crippen LogP contribution in [-0.4, -0.2) is 28.8 Å². The summed E-state index contributed by atoms with van der Waals surface area (Å²) in [6.45, 7) is 7.68. The van der Waals surface area contributed by atoms with Gasteiger partial charge in [-0.2, -0.15) is 0 Å². The van der Waals surface area contributed by atoms with Crippen molar-refractivity contribution in [2.45, 2.75) is 13.8 Å². The molecule has 10 aromatic rings. The van der Waals surface area contributed by atoms with Crippen LogP contribution in [-0.2, 0) is 0 Å². The van der Waals surface area contributed by atoms with Crippen LogP contribution in [0.2, 0.25) is 0 Å². The first kappa shape index (κ1) is 50.3. The fourth-order valence-electron chi connectivity index (χ4n) is 7.65. The van der Waals surface area contributed by atoms with Crippen LogP contribution in [0.25, 0.3) is 52.3 Å². The Morgan fingerprint density at radius 2 is 0.770 bits per heavy atom. The van der Waals surface area contributed by atoms with Crippen molar-refractivity contribution in [2.75, 3.05) is 16.0 Å². The Morgan fingerprint density at radius 3 is 1.19 bits per heavy atom. The molecule has 0 aliphatic carbocycles. The van der Waals surface area contributed by atoms with E-state index in [1.165, 1.54) is 6.07 Å². The summed E-state index contributed by atoms with van der Waals surface area (Å²) < 4.78 is 10.7. The van der Waals surface area contributed by atoms with Crippen LogP contribution in [0, 0.1) is 13.8 Å². The minimum atomic E-state index is -1.10. The third-order valence-corrected chi connectivity index (χ3v) is 11.8. The van der Waals surface area contributed by atoms with E-state index in [1.54, 1.807) is 79.3 Å². The van der Waals surface area contributed by atoms with Crippen LogP contribution in [0.1, 0.15) is 80.4 Å². The lowest BCUT2D eigenvalue weighted by atomic mass is 10.1. The van der Waals surface area contributed by atoms with Crippen molar-refractivity contribution >= 4 is 93.1 Å². The lowest BCUT2D eigenvalue weighted by Gasteiger charge is -2.10. The Kier molecular flexibility index (Phi) is 16.4. The average molecular weight is 974 g/mol. The van der Waals surface area contributed by atoms with Crippen molar-refractivity contribution in [1.29, 1.82) is 0 Å². The summed E-state index contributed by atoms with van der Waals surface area (Å²) in [6.07, 6.45) is 13.0. The maximum Gasteiger partial charge on any atom is 0.337 e. The van der Waals surface area contributed by atoms with Gasteiger partial charge in [-0.1, -0.05) is 134 Å². The number of hydrogen-bond acceptors (Lipinski definition) is 6. The smallest absolute Gasteiger partial charge is 0.337 e. The van der Waals surface area contributed by atoms with E-state index in [2.05, 4.69) is 34.7 Å². The molecule has 0 aliphatic rings. The maximum absolute atomic E-state index is 12.4. The largest absolute Gasteiger partial charge is 0.478 e. The van der Waals surface area contributed by atoms with E-state index in [-0.39, 0.29) is 29.0 Å². The van der Waals surface area contributed by atoms with Crippen molar-refractivity contribution in [2.24, 2.45) is 0 Å². The van der Waals surface area contributed by atoms with Gasteiger partial charge < -0.3 is 29.9 Å². The van der Waals surface area contributed by atoms with Crippen LogP contribution in [0.4, 0.5) is 17.1 Å². The Bertz CT molecular complexity index is 3670. The quantitative estimate of drug-likeness (QED) is 0.0890. The molecule has 0 radical (unpaired) electrons.